The smallest absolute Gasteiger partial charge is 0.337 e. The fourth-order valence-corrected chi connectivity index (χ4v) is 3.67. The van der Waals surface area contributed by atoms with Crippen molar-refractivity contribution >= 4 is 50.0 Å². The third-order valence-corrected chi connectivity index (χ3v) is 5.53. The molecule has 2 aromatic carbocycles. The Morgan fingerprint density at radius 3 is 2.33 bits per heavy atom. The third-order valence-electron chi connectivity index (χ3n) is 2.80. The van der Waals surface area contributed by atoms with Crippen molar-refractivity contribution in [3.63, 3.8) is 0 Å². The third kappa shape index (κ3) is 3.96. The summed E-state index contributed by atoms with van der Waals surface area (Å²) in [6.07, 6.45) is 0. The maximum atomic E-state index is 12.3. The van der Waals surface area contributed by atoms with Crippen molar-refractivity contribution < 1.29 is 18.3 Å². The number of carboxylic acid groups (broad SMARTS) is 1. The number of sulfone groups is 1. The highest BCUT2D eigenvalue weighted by Crippen LogP contribution is 2.23. The van der Waals surface area contributed by atoms with Crippen molar-refractivity contribution in [2.24, 2.45) is 0 Å². The molecule has 0 aromatic heterocycles. The van der Waals surface area contributed by atoms with Crippen LogP contribution in [0.4, 0.5) is 0 Å². The van der Waals surface area contributed by atoms with Gasteiger partial charge in [-0.05, 0) is 58.5 Å². The number of rotatable bonds is 4. The molecule has 1 N–H and O–H groups in total. The molecule has 0 aliphatic rings. The summed E-state index contributed by atoms with van der Waals surface area (Å²) in [5.41, 5.74) is 0.419. The maximum absolute atomic E-state index is 12.3. The number of aromatic carboxylic acids is 1. The summed E-state index contributed by atoms with van der Waals surface area (Å²) in [5.74, 6) is -1.45. The minimum Gasteiger partial charge on any atom is -0.478 e. The first-order valence-corrected chi connectivity index (χ1v) is 8.90. The molecule has 110 valence electrons. The van der Waals surface area contributed by atoms with Crippen molar-refractivity contribution in [1.82, 2.24) is 0 Å². The van der Waals surface area contributed by atoms with Crippen LogP contribution in [0.25, 0.3) is 0 Å². The number of benzene rings is 2. The van der Waals surface area contributed by atoms with Crippen molar-refractivity contribution in [3.8, 4) is 0 Å². The molecular weight excluding hydrogens is 427 g/mol. The Bertz CT molecular complexity index is 785. The molecule has 0 saturated heterocycles. The zero-order valence-corrected chi connectivity index (χ0v) is 14.3. The van der Waals surface area contributed by atoms with E-state index >= 15 is 0 Å². The first-order valence-electron chi connectivity index (χ1n) is 5.79. The van der Waals surface area contributed by atoms with Crippen LogP contribution in [0, 0.1) is 3.57 Å². The molecule has 21 heavy (non-hydrogen) atoms. The van der Waals surface area contributed by atoms with E-state index in [1.807, 2.05) is 12.1 Å². The largest absolute Gasteiger partial charge is 0.478 e. The summed E-state index contributed by atoms with van der Waals surface area (Å²) in [6.45, 7) is 0. The van der Waals surface area contributed by atoms with Gasteiger partial charge in [0.25, 0.3) is 0 Å². The molecule has 0 saturated carbocycles. The van der Waals surface area contributed by atoms with E-state index in [1.54, 1.807) is 12.1 Å². The van der Waals surface area contributed by atoms with Crippen LogP contribution in [0.15, 0.2) is 47.4 Å². The van der Waals surface area contributed by atoms with Crippen LogP contribution in [0.3, 0.4) is 0 Å². The number of hydrogen-bond donors (Lipinski definition) is 1. The summed E-state index contributed by atoms with van der Waals surface area (Å²) >= 11 is 7.87. The van der Waals surface area contributed by atoms with E-state index < -0.39 is 15.8 Å². The van der Waals surface area contributed by atoms with Gasteiger partial charge in [-0.1, -0.05) is 23.7 Å². The molecule has 0 atom stereocenters. The lowest BCUT2D eigenvalue weighted by Crippen LogP contribution is -2.07. The Labute approximate surface area is 140 Å². The lowest BCUT2D eigenvalue weighted by Gasteiger charge is -2.07. The molecule has 0 fully saturated rings. The number of halogens is 2. The van der Waals surface area contributed by atoms with Crippen molar-refractivity contribution in [2.75, 3.05) is 0 Å². The predicted molar refractivity (Wildman–Crippen MR) is 88.5 cm³/mol. The molecule has 0 spiro atoms. The SMILES string of the molecule is O=C(O)c1cc(S(=O)(=O)Cc2ccc(I)cc2)ccc1Cl. The van der Waals surface area contributed by atoms with Crippen LogP contribution in [0.5, 0.6) is 0 Å². The molecule has 0 bridgehead atoms. The lowest BCUT2D eigenvalue weighted by atomic mass is 10.2. The van der Waals surface area contributed by atoms with Crippen LogP contribution in [-0.4, -0.2) is 19.5 Å². The quantitative estimate of drug-likeness (QED) is 0.743. The Hall–Kier alpha value is -1.12. The average molecular weight is 437 g/mol. The Kier molecular flexibility index (Phi) is 4.90. The van der Waals surface area contributed by atoms with Crippen molar-refractivity contribution in [2.45, 2.75) is 10.6 Å². The van der Waals surface area contributed by atoms with E-state index in [1.165, 1.54) is 12.1 Å². The Morgan fingerprint density at radius 2 is 1.76 bits per heavy atom. The second kappa shape index (κ2) is 6.33. The summed E-state index contributed by atoms with van der Waals surface area (Å²) < 4.78 is 25.7. The molecule has 7 heteroatoms. The van der Waals surface area contributed by atoms with Gasteiger partial charge in [-0.25, -0.2) is 13.2 Å². The normalized spacial score (nSPS) is 11.3. The first kappa shape index (κ1) is 16.3. The van der Waals surface area contributed by atoms with E-state index in [0.717, 1.165) is 9.64 Å². The van der Waals surface area contributed by atoms with Gasteiger partial charge in [0.05, 0.1) is 21.2 Å². The van der Waals surface area contributed by atoms with Crippen LogP contribution in [0.1, 0.15) is 15.9 Å². The van der Waals surface area contributed by atoms with E-state index in [9.17, 15) is 13.2 Å². The standard InChI is InChI=1S/C14H10ClIO4S/c15-13-6-5-11(7-12(13)14(17)18)21(19,20)8-9-1-3-10(16)4-2-9/h1-7H,8H2,(H,17,18). The fraction of sp³-hybridized carbons (Fsp3) is 0.0714. The van der Waals surface area contributed by atoms with Gasteiger partial charge < -0.3 is 5.11 Å². The van der Waals surface area contributed by atoms with Crippen LogP contribution < -0.4 is 0 Å². The van der Waals surface area contributed by atoms with Gasteiger partial charge in [-0.2, -0.15) is 0 Å². The minimum absolute atomic E-state index is 0.00992. The highest BCUT2D eigenvalue weighted by molar-refractivity contribution is 14.1. The molecule has 0 amide bonds. The van der Waals surface area contributed by atoms with Crippen LogP contribution >= 0.6 is 34.2 Å². The molecular formula is C14H10ClIO4S. The van der Waals surface area contributed by atoms with E-state index in [0.29, 0.717) is 5.56 Å². The predicted octanol–water partition coefficient (Wildman–Crippen LogP) is 3.62. The topological polar surface area (TPSA) is 71.4 Å². The first-order chi connectivity index (χ1) is 9.79. The molecule has 2 rings (SSSR count). The van der Waals surface area contributed by atoms with Gasteiger partial charge >= 0.3 is 5.97 Å². The van der Waals surface area contributed by atoms with E-state index in [4.69, 9.17) is 16.7 Å². The fourth-order valence-electron chi connectivity index (χ4n) is 1.75. The van der Waals surface area contributed by atoms with Gasteiger partial charge in [0.1, 0.15) is 0 Å². The minimum atomic E-state index is -3.62. The molecule has 0 heterocycles. The van der Waals surface area contributed by atoms with Gasteiger partial charge in [0, 0.05) is 3.57 Å². The Morgan fingerprint density at radius 1 is 1.14 bits per heavy atom. The molecule has 0 aliphatic heterocycles. The van der Waals surface area contributed by atoms with Gasteiger partial charge in [0.2, 0.25) is 0 Å². The van der Waals surface area contributed by atoms with E-state index in [2.05, 4.69) is 22.6 Å². The molecule has 0 radical (unpaired) electrons. The highest BCUT2D eigenvalue weighted by atomic mass is 127. The number of hydrogen-bond acceptors (Lipinski definition) is 3. The number of carboxylic acids is 1. The highest BCUT2D eigenvalue weighted by Gasteiger charge is 2.19. The zero-order chi connectivity index (χ0) is 15.6. The zero-order valence-electron chi connectivity index (χ0n) is 10.6. The summed E-state index contributed by atoms with van der Waals surface area (Å²) in [4.78, 5) is 11.0. The summed E-state index contributed by atoms with van der Waals surface area (Å²) in [5, 5.41) is 9.01. The number of carbonyl (C=O) groups is 1. The van der Waals surface area contributed by atoms with Crippen LogP contribution in [-0.2, 0) is 15.6 Å². The molecule has 2 aromatic rings. The van der Waals surface area contributed by atoms with Crippen LogP contribution in [0.2, 0.25) is 5.02 Å². The van der Waals surface area contributed by atoms with Gasteiger partial charge in [-0.3, -0.25) is 0 Å². The van der Waals surface area contributed by atoms with Crippen molar-refractivity contribution in [1.29, 1.82) is 0 Å². The van der Waals surface area contributed by atoms with E-state index in [-0.39, 0.29) is 21.2 Å². The molecule has 4 nitrogen and oxygen atoms in total. The van der Waals surface area contributed by atoms with Gasteiger partial charge in [0.15, 0.2) is 9.84 Å². The maximum Gasteiger partial charge on any atom is 0.337 e. The second-order valence-electron chi connectivity index (χ2n) is 4.33. The molecule has 0 unspecified atom stereocenters. The average Bonchev–Trinajstić information content (AvgIpc) is 2.41. The van der Waals surface area contributed by atoms with Gasteiger partial charge in [-0.15, -0.1) is 0 Å². The summed E-state index contributed by atoms with van der Waals surface area (Å²) in [7, 11) is -3.62. The van der Waals surface area contributed by atoms with Crippen molar-refractivity contribution in [3.05, 3.63) is 62.2 Å². The summed E-state index contributed by atoms with van der Waals surface area (Å²) in [6, 6.07) is 10.8. The molecule has 0 aliphatic carbocycles. The Balaban J connectivity index is 2.38. The lowest BCUT2D eigenvalue weighted by molar-refractivity contribution is 0.0697. The second-order valence-corrected chi connectivity index (χ2v) is 7.97. The monoisotopic (exact) mass is 436 g/mol.